The van der Waals surface area contributed by atoms with Crippen molar-refractivity contribution in [3.8, 4) is 0 Å². The van der Waals surface area contributed by atoms with Crippen LogP contribution in [0.3, 0.4) is 0 Å². The van der Waals surface area contributed by atoms with Crippen LogP contribution >= 0.6 is 24.0 Å². The second kappa shape index (κ2) is 6.37. The summed E-state index contributed by atoms with van der Waals surface area (Å²) < 4.78 is 26.0. The van der Waals surface area contributed by atoms with E-state index < -0.39 is 11.6 Å². The molecule has 2 N–H and O–H groups in total. The lowest BCUT2D eigenvalue weighted by molar-refractivity contribution is 0.212. The molecule has 0 atom stereocenters. The topological polar surface area (TPSA) is 29.3 Å². The number of thiocarbonyl (C=S) groups is 1. The van der Waals surface area contributed by atoms with Crippen molar-refractivity contribution in [2.45, 2.75) is 24.1 Å². The minimum Gasteiger partial charge on any atom is -0.392 e. The van der Waals surface area contributed by atoms with Crippen LogP contribution in [-0.2, 0) is 6.54 Å². The number of rotatable bonds is 4. The lowest BCUT2D eigenvalue weighted by Gasteiger charge is -2.40. The van der Waals surface area contributed by atoms with E-state index in [0.717, 1.165) is 31.5 Å². The van der Waals surface area contributed by atoms with Crippen molar-refractivity contribution >= 4 is 29.0 Å². The Bertz CT molecular complexity index is 500. The van der Waals surface area contributed by atoms with Gasteiger partial charge in [-0.05, 0) is 36.8 Å². The fraction of sp³-hybridized carbons (Fsp3) is 0.500. The van der Waals surface area contributed by atoms with Gasteiger partial charge < -0.3 is 5.73 Å². The van der Waals surface area contributed by atoms with Crippen LogP contribution in [0.2, 0.25) is 0 Å². The molecule has 1 saturated heterocycles. The Kier molecular flexibility index (Phi) is 4.99. The van der Waals surface area contributed by atoms with Crippen molar-refractivity contribution in [2.24, 2.45) is 5.73 Å². The summed E-state index contributed by atoms with van der Waals surface area (Å²) in [5.41, 5.74) is 6.64. The Balaban J connectivity index is 1.97. The summed E-state index contributed by atoms with van der Waals surface area (Å²) in [4.78, 5) is 2.79. The molecule has 110 valence electrons. The summed E-state index contributed by atoms with van der Waals surface area (Å²) in [6.45, 7) is 2.34. The fourth-order valence-electron chi connectivity index (χ4n) is 2.52. The standard InChI is InChI=1S/C14H18F2N2S2/c1-20-14(13(17)19)4-6-18(7-5-14)9-10-2-3-11(15)12(16)8-10/h2-3,8H,4-7,9H2,1H3,(H2,17,19). The van der Waals surface area contributed by atoms with Crippen molar-refractivity contribution in [3.05, 3.63) is 35.4 Å². The van der Waals surface area contributed by atoms with Gasteiger partial charge in [0.25, 0.3) is 0 Å². The molecule has 0 amide bonds. The molecule has 20 heavy (non-hydrogen) atoms. The molecule has 1 aromatic carbocycles. The first-order chi connectivity index (χ1) is 9.47. The average molecular weight is 316 g/mol. The first-order valence-electron chi connectivity index (χ1n) is 6.48. The Morgan fingerprint density at radius 2 is 2.00 bits per heavy atom. The molecule has 0 radical (unpaired) electrons. The predicted molar refractivity (Wildman–Crippen MR) is 83.9 cm³/mol. The van der Waals surface area contributed by atoms with Gasteiger partial charge in [0.15, 0.2) is 11.6 Å². The molecule has 1 fully saturated rings. The van der Waals surface area contributed by atoms with Crippen molar-refractivity contribution in [1.29, 1.82) is 0 Å². The molecule has 2 nitrogen and oxygen atoms in total. The van der Waals surface area contributed by atoms with Crippen molar-refractivity contribution in [1.82, 2.24) is 4.90 Å². The van der Waals surface area contributed by atoms with Crippen LogP contribution in [0.25, 0.3) is 0 Å². The maximum Gasteiger partial charge on any atom is 0.159 e. The van der Waals surface area contributed by atoms with Crippen LogP contribution in [0, 0.1) is 11.6 Å². The van der Waals surface area contributed by atoms with Gasteiger partial charge >= 0.3 is 0 Å². The average Bonchev–Trinajstić information content (AvgIpc) is 2.44. The third-order valence-electron chi connectivity index (χ3n) is 3.89. The first-order valence-corrected chi connectivity index (χ1v) is 8.11. The Labute approximate surface area is 127 Å². The summed E-state index contributed by atoms with van der Waals surface area (Å²) in [6, 6.07) is 4.07. The summed E-state index contributed by atoms with van der Waals surface area (Å²) in [6.07, 6.45) is 3.82. The number of piperidine rings is 1. The van der Waals surface area contributed by atoms with Gasteiger partial charge in [-0.15, -0.1) is 0 Å². The van der Waals surface area contributed by atoms with E-state index >= 15 is 0 Å². The zero-order valence-electron chi connectivity index (χ0n) is 11.4. The molecule has 1 aromatic rings. The highest BCUT2D eigenvalue weighted by Crippen LogP contribution is 2.35. The zero-order chi connectivity index (χ0) is 14.8. The lowest BCUT2D eigenvalue weighted by atomic mass is 9.95. The van der Waals surface area contributed by atoms with E-state index in [9.17, 15) is 8.78 Å². The number of hydrogen-bond acceptors (Lipinski definition) is 3. The lowest BCUT2D eigenvalue weighted by Crippen LogP contribution is -2.48. The van der Waals surface area contributed by atoms with E-state index in [1.807, 2.05) is 6.26 Å². The number of likely N-dealkylation sites (tertiary alicyclic amines) is 1. The number of nitrogens with two attached hydrogens (primary N) is 1. The van der Waals surface area contributed by atoms with Crippen LogP contribution in [-0.4, -0.2) is 34.0 Å². The molecule has 0 saturated carbocycles. The van der Waals surface area contributed by atoms with Gasteiger partial charge in [-0.25, -0.2) is 8.78 Å². The van der Waals surface area contributed by atoms with Gasteiger partial charge in [0, 0.05) is 19.6 Å². The normalized spacial score (nSPS) is 18.9. The summed E-state index contributed by atoms with van der Waals surface area (Å²) in [7, 11) is 0. The molecule has 6 heteroatoms. The van der Waals surface area contributed by atoms with E-state index in [4.69, 9.17) is 18.0 Å². The van der Waals surface area contributed by atoms with Crippen molar-refractivity contribution < 1.29 is 8.78 Å². The Morgan fingerprint density at radius 3 is 2.50 bits per heavy atom. The Morgan fingerprint density at radius 1 is 1.35 bits per heavy atom. The van der Waals surface area contributed by atoms with Crippen LogP contribution < -0.4 is 5.73 Å². The minimum atomic E-state index is -0.803. The smallest absolute Gasteiger partial charge is 0.159 e. The molecule has 1 heterocycles. The molecular weight excluding hydrogens is 298 g/mol. The monoisotopic (exact) mass is 316 g/mol. The van der Waals surface area contributed by atoms with E-state index in [-0.39, 0.29) is 4.75 Å². The van der Waals surface area contributed by atoms with Crippen LogP contribution in [0.4, 0.5) is 8.78 Å². The molecule has 0 bridgehead atoms. The Hall–Kier alpha value is -0.720. The summed E-state index contributed by atoms with van der Waals surface area (Å²) in [5, 5.41) is 0. The molecule has 2 rings (SSSR count). The highest BCUT2D eigenvalue weighted by atomic mass is 32.2. The van der Waals surface area contributed by atoms with E-state index in [0.29, 0.717) is 11.5 Å². The largest absolute Gasteiger partial charge is 0.392 e. The maximum atomic E-state index is 13.2. The van der Waals surface area contributed by atoms with Crippen molar-refractivity contribution in [3.63, 3.8) is 0 Å². The zero-order valence-corrected chi connectivity index (χ0v) is 13.0. The van der Waals surface area contributed by atoms with Crippen LogP contribution in [0.15, 0.2) is 18.2 Å². The number of halogens is 2. The molecule has 1 aliphatic heterocycles. The third-order valence-corrected chi connectivity index (χ3v) is 5.82. The fourth-order valence-corrected chi connectivity index (χ4v) is 3.77. The number of thioether (sulfide) groups is 1. The van der Waals surface area contributed by atoms with Gasteiger partial charge in [0.1, 0.15) is 0 Å². The minimum absolute atomic E-state index is 0.111. The van der Waals surface area contributed by atoms with Crippen molar-refractivity contribution in [2.75, 3.05) is 19.3 Å². The van der Waals surface area contributed by atoms with Gasteiger partial charge in [0.2, 0.25) is 0 Å². The van der Waals surface area contributed by atoms with Gasteiger partial charge in [-0.1, -0.05) is 18.3 Å². The maximum absolute atomic E-state index is 13.2. The quantitative estimate of drug-likeness (QED) is 0.865. The number of hydrogen-bond donors (Lipinski definition) is 1. The predicted octanol–water partition coefficient (Wildman–Crippen LogP) is 2.95. The van der Waals surface area contributed by atoms with Gasteiger partial charge in [-0.2, -0.15) is 11.8 Å². The molecule has 0 aromatic heterocycles. The van der Waals surface area contributed by atoms with Gasteiger partial charge in [0.05, 0.1) is 9.74 Å². The highest BCUT2D eigenvalue weighted by Gasteiger charge is 2.36. The third kappa shape index (κ3) is 3.30. The molecule has 0 unspecified atom stereocenters. The number of nitrogens with zero attached hydrogens (tertiary/aromatic N) is 1. The van der Waals surface area contributed by atoms with Crippen LogP contribution in [0.1, 0.15) is 18.4 Å². The summed E-state index contributed by atoms with van der Waals surface area (Å²) >= 11 is 6.89. The van der Waals surface area contributed by atoms with E-state index in [2.05, 4.69) is 4.90 Å². The SMILES string of the molecule is CSC1(C(N)=S)CCN(Cc2ccc(F)c(F)c2)CC1. The number of benzene rings is 1. The van der Waals surface area contributed by atoms with Gasteiger partial charge in [-0.3, -0.25) is 4.90 Å². The first kappa shape index (κ1) is 15.7. The van der Waals surface area contributed by atoms with E-state index in [1.165, 1.54) is 12.1 Å². The molecular formula is C14H18F2N2S2. The second-order valence-electron chi connectivity index (χ2n) is 5.09. The molecule has 0 spiro atoms. The highest BCUT2D eigenvalue weighted by molar-refractivity contribution is 8.02. The van der Waals surface area contributed by atoms with Crippen LogP contribution in [0.5, 0.6) is 0 Å². The summed E-state index contributed by atoms with van der Waals surface area (Å²) in [5.74, 6) is -1.59. The molecule has 0 aliphatic carbocycles. The second-order valence-corrected chi connectivity index (χ2v) is 6.72. The molecule has 1 aliphatic rings. The van der Waals surface area contributed by atoms with E-state index in [1.54, 1.807) is 17.8 Å².